The van der Waals surface area contributed by atoms with E-state index in [1.807, 2.05) is 22.7 Å². The van der Waals surface area contributed by atoms with Crippen LogP contribution < -0.4 is 5.32 Å². The molecule has 0 aliphatic heterocycles. The van der Waals surface area contributed by atoms with Crippen LogP contribution in [0.15, 0.2) is 47.8 Å². The summed E-state index contributed by atoms with van der Waals surface area (Å²) in [6.45, 7) is 3.22. The van der Waals surface area contributed by atoms with Crippen LogP contribution in [0.25, 0.3) is 9.40 Å². The Kier molecular flexibility index (Phi) is 5.07. The van der Waals surface area contributed by atoms with Crippen LogP contribution in [0.1, 0.15) is 36.2 Å². The second-order valence-corrected chi connectivity index (χ2v) is 7.35. The second kappa shape index (κ2) is 7.21. The Bertz CT molecular complexity index is 640. The van der Waals surface area contributed by atoms with Crippen molar-refractivity contribution in [3.8, 4) is 0 Å². The normalized spacial score (nSPS) is 12.8. The van der Waals surface area contributed by atoms with Crippen molar-refractivity contribution in [3.05, 3.63) is 58.3 Å². The van der Waals surface area contributed by atoms with Gasteiger partial charge in [0.05, 0.1) is 0 Å². The molecule has 1 nitrogen and oxygen atoms in total. The Balaban J connectivity index is 1.63. The number of benzene rings is 1. The number of hydrogen-bond acceptors (Lipinski definition) is 3. The van der Waals surface area contributed by atoms with Crippen LogP contribution in [0.5, 0.6) is 0 Å². The highest BCUT2D eigenvalue weighted by Crippen LogP contribution is 2.35. The van der Waals surface area contributed by atoms with E-state index < -0.39 is 0 Å². The molecule has 2 heterocycles. The molecule has 0 aliphatic carbocycles. The Morgan fingerprint density at radius 2 is 1.95 bits per heavy atom. The highest BCUT2D eigenvalue weighted by molar-refractivity contribution is 7.26. The Morgan fingerprint density at radius 1 is 1.10 bits per heavy atom. The molecule has 1 aromatic carbocycles. The average molecular weight is 316 g/mol. The van der Waals surface area contributed by atoms with Crippen molar-refractivity contribution in [2.75, 3.05) is 6.54 Å². The molecule has 21 heavy (non-hydrogen) atoms. The SMILES string of the molecule is CCNC(CCCc1ccccc1)c1cc2sccc2s1. The second-order valence-electron chi connectivity index (χ2n) is 5.29. The molecule has 0 saturated carbocycles. The summed E-state index contributed by atoms with van der Waals surface area (Å²) >= 11 is 3.79. The zero-order valence-electron chi connectivity index (χ0n) is 12.3. The number of aryl methyl sites for hydroxylation is 1. The molecule has 0 spiro atoms. The van der Waals surface area contributed by atoms with Crippen molar-refractivity contribution in [2.24, 2.45) is 0 Å². The van der Waals surface area contributed by atoms with E-state index in [9.17, 15) is 0 Å². The van der Waals surface area contributed by atoms with Gasteiger partial charge in [-0.05, 0) is 48.9 Å². The van der Waals surface area contributed by atoms with Crippen molar-refractivity contribution >= 4 is 32.1 Å². The molecule has 1 unspecified atom stereocenters. The minimum atomic E-state index is 0.503. The van der Waals surface area contributed by atoms with E-state index in [2.05, 4.69) is 60.1 Å². The van der Waals surface area contributed by atoms with Crippen molar-refractivity contribution in [3.63, 3.8) is 0 Å². The lowest BCUT2D eigenvalue weighted by atomic mass is 10.0. The summed E-state index contributed by atoms with van der Waals surface area (Å²) in [5.41, 5.74) is 1.44. The van der Waals surface area contributed by atoms with Crippen LogP contribution in [0.4, 0.5) is 0 Å². The molecule has 0 radical (unpaired) electrons. The fourth-order valence-corrected chi connectivity index (χ4v) is 4.93. The summed E-state index contributed by atoms with van der Waals surface area (Å²) < 4.78 is 2.86. The van der Waals surface area contributed by atoms with Gasteiger partial charge in [0.1, 0.15) is 0 Å². The maximum absolute atomic E-state index is 3.65. The molecule has 0 amide bonds. The Morgan fingerprint density at radius 3 is 2.71 bits per heavy atom. The highest BCUT2D eigenvalue weighted by atomic mass is 32.1. The van der Waals surface area contributed by atoms with E-state index in [1.54, 1.807) is 0 Å². The molecule has 1 N–H and O–H groups in total. The summed E-state index contributed by atoms with van der Waals surface area (Å²) in [6, 6.07) is 15.9. The van der Waals surface area contributed by atoms with E-state index in [0.29, 0.717) is 6.04 Å². The van der Waals surface area contributed by atoms with Gasteiger partial charge in [0, 0.05) is 20.3 Å². The lowest BCUT2D eigenvalue weighted by molar-refractivity contribution is 0.505. The Labute approximate surface area is 134 Å². The standard InChI is InChI=1S/C18H21NS2/c1-2-19-15(10-6-9-14-7-4-3-5-8-14)17-13-18-16(21-17)11-12-20-18/h3-5,7-8,11-13,15,19H,2,6,9-10H2,1H3. The molecule has 0 saturated heterocycles. The quantitative estimate of drug-likeness (QED) is 0.595. The molecular weight excluding hydrogens is 294 g/mol. The first-order valence-corrected chi connectivity index (χ1v) is 9.30. The molecule has 3 rings (SSSR count). The first-order chi connectivity index (χ1) is 10.4. The predicted molar refractivity (Wildman–Crippen MR) is 95.5 cm³/mol. The van der Waals surface area contributed by atoms with Gasteiger partial charge >= 0.3 is 0 Å². The minimum absolute atomic E-state index is 0.503. The van der Waals surface area contributed by atoms with Crippen molar-refractivity contribution < 1.29 is 0 Å². The molecule has 0 fully saturated rings. The number of thiophene rings is 2. The van der Waals surface area contributed by atoms with Crippen LogP contribution in [-0.2, 0) is 6.42 Å². The summed E-state index contributed by atoms with van der Waals surface area (Å²) in [6.07, 6.45) is 3.60. The maximum atomic E-state index is 3.65. The summed E-state index contributed by atoms with van der Waals surface area (Å²) in [5.74, 6) is 0. The van der Waals surface area contributed by atoms with Gasteiger partial charge in [0.25, 0.3) is 0 Å². The van der Waals surface area contributed by atoms with Crippen LogP contribution in [0.2, 0.25) is 0 Å². The monoisotopic (exact) mass is 315 g/mol. The molecule has 110 valence electrons. The van der Waals surface area contributed by atoms with E-state index in [1.165, 1.54) is 39.1 Å². The van der Waals surface area contributed by atoms with Gasteiger partial charge < -0.3 is 5.32 Å². The zero-order valence-corrected chi connectivity index (χ0v) is 14.0. The maximum Gasteiger partial charge on any atom is 0.0454 e. The fraction of sp³-hybridized carbons (Fsp3) is 0.333. The van der Waals surface area contributed by atoms with Gasteiger partial charge in [0.2, 0.25) is 0 Å². The van der Waals surface area contributed by atoms with Crippen molar-refractivity contribution in [2.45, 2.75) is 32.2 Å². The van der Waals surface area contributed by atoms with Crippen LogP contribution in [0, 0.1) is 0 Å². The van der Waals surface area contributed by atoms with Crippen LogP contribution in [-0.4, -0.2) is 6.54 Å². The number of hydrogen-bond donors (Lipinski definition) is 1. The Hall–Kier alpha value is -1.16. The van der Waals surface area contributed by atoms with Gasteiger partial charge in [-0.3, -0.25) is 0 Å². The summed E-state index contributed by atoms with van der Waals surface area (Å²) in [4.78, 5) is 1.49. The van der Waals surface area contributed by atoms with E-state index in [0.717, 1.165) is 6.54 Å². The van der Waals surface area contributed by atoms with Gasteiger partial charge in [-0.2, -0.15) is 0 Å². The van der Waals surface area contributed by atoms with E-state index in [-0.39, 0.29) is 0 Å². The number of rotatable bonds is 7. The molecule has 0 bridgehead atoms. The molecule has 3 aromatic rings. The molecule has 3 heteroatoms. The molecule has 2 aromatic heterocycles. The first-order valence-electron chi connectivity index (χ1n) is 7.61. The van der Waals surface area contributed by atoms with Crippen LogP contribution in [0.3, 0.4) is 0 Å². The van der Waals surface area contributed by atoms with Gasteiger partial charge in [0.15, 0.2) is 0 Å². The lowest BCUT2D eigenvalue weighted by Crippen LogP contribution is -2.20. The number of nitrogens with one attached hydrogen (secondary N) is 1. The highest BCUT2D eigenvalue weighted by Gasteiger charge is 2.14. The van der Waals surface area contributed by atoms with Crippen molar-refractivity contribution in [1.82, 2.24) is 5.32 Å². The van der Waals surface area contributed by atoms with E-state index >= 15 is 0 Å². The fourth-order valence-electron chi connectivity index (χ4n) is 2.70. The number of fused-ring (bicyclic) bond motifs is 1. The van der Waals surface area contributed by atoms with Gasteiger partial charge in [-0.25, -0.2) is 0 Å². The third-order valence-corrected chi connectivity index (χ3v) is 5.96. The smallest absolute Gasteiger partial charge is 0.0454 e. The largest absolute Gasteiger partial charge is 0.310 e. The van der Waals surface area contributed by atoms with Crippen molar-refractivity contribution in [1.29, 1.82) is 0 Å². The van der Waals surface area contributed by atoms with Gasteiger partial charge in [-0.1, -0.05) is 37.3 Å². The van der Waals surface area contributed by atoms with Crippen LogP contribution >= 0.6 is 22.7 Å². The van der Waals surface area contributed by atoms with E-state index in [4.69, 9.17) is 0 Å². The average Bonchev–Trinajstić information content (AvgIpc) is 3.09. The van der Waals surface area contributed by atoms with Gasteiger partial charge in [-0.15, -0.1) is 22.7 Å². The lowest BCUT2D eigenvalue weighted by Gasteiger charge is -2.16. The summed E-state index contributed by atoms with van der Waals surface area (Å²) in [5, 5.41) is 5.83. The predicted octanol–water partition coefficient (Wildman–Crippen LogP) is 5.64. The summed E-state index contributed by atoms with van der Waals surface area (Å²) in [7, 11) is 0. The minimum Gasteiger partial charge on any atom is -0.310 e. The zero-order chi connectivity index (χ0) is 14.5. The third-order valence-electron chi connectivity index (χ3n) is 3.75. The molecule has 0 aliphatic rings. The molecule has 1 atom stereocenters. The topological polar surface area (TPSA) is 12.0 Å². The third kappa shape index (κ3) is 3.73. The molecular formula is C18H21NS2. The first kappa shape index (κ1) is 14.8.